The molecule has 2 heterocycles. The van der Waals surface area contributed by atoms with Crippen LogP contribution in [0, 0.1) is 0 Å². The van der Waals surface area contributed by atoms with Gasteiger partial charge in [0, 0.05) is 26.5 Å². The standard InChI is InChI=1S/C11H11N3O2/c1-13(2)10(15)8-7-12-9-5-3-4-6-14(9)11(8)16/h3-7H,1-2H3. The van der Waals surface area contributed by atoms with Gasteiger partial charge in [-0.2, -0.15) is 0 Å². The smallest absolute Gasteiger partial charge is 0.270 e. The third-order valence-corrected chi connectivity index (χ3v) is 2.25. The molecule has 2 aromatic heterocycles. The van der Waals surface area contributed by atoms with Crippen LogP contribution in [0.15, 0.2) is 35.4 Å². The van der Waals surface area contributed by atoms with Gasteiger partial charge in [-0.3, -0.25) is 14.0 Å². The van der Waals surface area contributed by atoms with Crippen LogP contribution in [0.25, 0.3) is 5.65 Å². The van der Waals surface area contributed by atoms with Gasteiger partial charge in [0.1, 0.15) is 11.2 Å². The predicted molar refractivity (Wildman–Crippen MR) is 59.5 cm³/mol. The van der Waals surface area contributed by atoms with E-state index in [1.165, 1.54) is 15.5 Å². The molecule has 82 valence electrons. The highest BCUT2D eigenvalue weighted by Gasteiger charge is 2.14. The second kappa shape index (κ2) is 3.77. The van der Waals surface area contributed by atoms with E-state index in [1.54, 1.807) is 38.5 Å². The fourth-order valence-corrected chi connectivity index (χ4v) is 1.41. The molecule has 0 N–H and O–H groups in total. The Kier molecular flexibility index (Phi) is 2.44. The molecule has 0 aromatic carbocycles. The summed E-state index contributed by atoms with van der Waals surface area (Å²) in [4.78, 5) is 29.0. The molecule has 0 aliphatic rings. The first-order valence-electron chi connectivity index (χ1n) is 4.79. The van der Waals surface area contributed by atoms with Gasteiger partial charge in [-0.05, 0) is 12.1 Å². The van der Waals surface area contributed by atoms with Crippen molar-refractivity contribution in [1.29, 1.82) is 0 Å². The maximum Gasteiger partial charge on any atom is 0.270 e. The first kappa shape index (κ1) is 10.4. The van der Waals surface area contributed by atoms with Gasteiger partial charge in [0.2, 0.25) is 0 Å². The molecule has 0 bridgehead atoms. The van der Waals surface area contributed by atoms with Gasteiger partial charge < -0.3 is 4.90 Å². The number of rotatable bonds is 1. The normalized spacial score (nSPS) is 10.4. The Labute approximate surface area is 92.0 Å². The Morgan fingerprint density at radius 3 is 2.81 bits per heavy atom. The molecule has 5 heteroatoms. The van der Waals surface area contributed by atoms with E-state index in [0.717, 1.165) is 0 Å². The van der Waals surface area contributed by atoms with Gasteiger partial charge in [-0.15, -0.1) is 0 Å². The molecule has 0 unspecified atom stereocenters. The molecule has 2 rings (SSSR count). The van der Waals surface area contributed by atoms with Crippen molar-refractivity contribution in [2.24, 2.45) is 0 Å². The number of hydrogen-bond acceptors (Lipinski definition) is 3. The van der Waals surface area contributed by atoms with Gasteiger partial charge in [-0.1, -0.05) is 6.07 Å². The van der Waals surface area contributed by atoms with Gasteiger partial charge in [-0.25, -0.2) is 4.98 Å². The molecule has 0 saturated heterocycles. The van der Waals surface area contributed by atoms with Crippen LogP contribution in [0.5, 0.6) is 0 Å². The summed E-state index contributed by atoms with van der Waals surface area (Å²) in [6, 6.07) is 5.22. The molecule has 0 saturated carbocycles. The molecule has 5 nitrogen and oxygen atoms in total. The molecule has 2 aromatic rings. The van der Waals surface area contributed by atoms with Crippen molar-refractivity contribution in [1.82, 2.24) is 14.3 Å². The number of hydrogen-bond donors (Lipinski definition) is 0. The van der Waals surface area contributed by atoms with E-state index in [4.69, 9.17) is 0 Å². The minimum absolute atomic E-state index is 0.0775. The lowest BCUT2D eigenvalue weighted by Crippen LogP contribution is -2.30. The van der Waals surface area contributed by atoms with Crippen molar-refractivity contribution in [3.63, 3.8) is 0 Å². The largest absolute Gasteiger partial charge is 0.345 e. The first-order chi connectivity index (χ1) is 7.61. The molecule has 0 radical (unpaired) electrons. The van der Waals surface area contributed by atoms with Crippen LogP contribution in [0.1, 0.15) is 10.4 Å². The zero-order chi connectivity index (χ0) is 11.7. The minimum Gasteiger partial charge on any atom is -0.345 e. The molecule has 0 aliphatic carbocycles. The van der Waals surface area contributed by atoms with Crippen molar-refractivity contribution in [2.75, 3.05) is 14.1 Å². The van der Waals surface area contributed by atoms with E-state index >= 15 is 0 Å². The SMILES string of the molecule is CN(C)C(=O)c1cnc2ccccn2c1=O. The van der Waals surface area contributed by atoms with E-state index in [9.17, 15) is 9.59 Å². The summed E-state index contributed by atoms with van der Waals surface area (Å²) in [6.45, 7) is 0. The number of pyridine rings is 1. The lowest BCUT2D eigenvalue weighted by Gasteiger charge is -2.09. The first-order valence-corrected chi connectivity index (χ1v) is 4.79. The molecule has 0 aliphatic heterocycles. The third kappa shape index (κ3) is 1.56. The molecular weight excluding hydrogens is 206 g/mol. The summed E-state index contributed by atoms with van der Waals surface area (Å²) in [5.41, 5.74) is 0.265. The second-order valence-electron chi connectivity index (χ2n) is 3.61. The van der Waals surface area contributed by atoms with E-state index in [-0.39, 0.29) is 17.0 Å². The van der Waals surface area contributed by atoms with Crippen LogP contribution < -0.4 is 5.56 Å². The molecule has 0 fully saturated rings. The van der Waals surface area contributed by atoms with E-state index in [1.807, 2.05) is 0 Å². The highest BCUT2D eigenvalue weighted by Crippen LogP contribution is 1.99. The zero-order valence-corrected chi connectivity index (χ0v) is 9.04. The van der Waals surface area contributed by atoms with Gasteiger partial charge >= 0.3 is 0 Å². The van der Waals surface area contributed by atoms with Crippen molar-refractivity contribution in [3.05, 3.63) is 46.5 Å². The number of carbonyl (C=O) groups is 1. The molecule has 1 amide bonds. The topological polar surface area (TPSA) is 54.7 Å². The Morgan fingerprint density at radius 2 is 2.12 bits per heavy atom. The van der Waals surface area contributed by atoms with Crippen LogP contribution in [0.3, 0.4) is 0 Å². The van der Waals surface area contributed by atoms with Crippen LogP contribution in [0.2, 0.25) is 0 Å². The summed E-state index contributed by atoms with van der Waals surface area (Å²) in [5.74, 6) is -0.337. The number of amides is 1. The number of nitrogens with zero attached hydrogens (tertiary/aromatic N) is 3. The van der Waals surface area contributed by atoms with Crippen molar-refractivity contribution < 1.29 is 4.79 Å². The fraction of sp³-hybridized carbons (Fsp3) is 0.182. The third-order valence-electron chi connectivity index (χ3n) is 2.25. The van der Waals surface area contributed by atoms with Gasteiger partial charge in [0.15, 0.2) is 0 Å². The summed E-state index contributed by atoms with van der Waals surface area (Å²) >= 11 is 0. The van der Waals surface area contributed by atoms with Gasteiger partial charge in [0.05, 0.1) is 0 Å². The maximum absolute atomic E-state index is 11.9. The highest BCUT2D eigenvalue weighted by atomic mass is 16.2. The minimum atomic E-state index is -0.343. The highest BCUT2D eigenvalue weighted by molar-refractivity contribution is 5.93. The number of carbonyl (C=O) groups excluding carboxylic acids is 1. The summed E-state index contributed by atoms with van der Waals surface area (Å²) in [5, 5.41) is 0. The lowest BCUT2D eigenvalue weighted by molar-refractivity contribution is 0.0825. The predicted octanol–water partition coefficient (Wildman–Crippen LogP) is 0.396. The summed E-state index contributed by atoms with van der Waals surface area (Å²) < 4.78 is 1.36. The van der Waals surface area contributed by atoms with Gasteiger partial charge in [0.25, 0.3) is 11.5 Å². The molecule has 0 atom stereocenters. The Hall–Kier alpha value is -2.17. The van der Waals surface area contributed by atoms with Crippen LogP contribution in [0.4, 0.5) is 0 Å². The van der Waals surface area contributed by atoms with Crippen molar-refractivity contribution in [2.45, 2.75) is 0 Å². The maximum atomic E-state index is 11.9. The number of aromatic nitrogens is 2. The van der Waals surface area contributed by atoms with Crippen LogP contribution in [-0.2, 0) is 0 Å². The van der Waals surface area contributed by atoms with E-state index in [0.29, 0.717) is 5.65 Å². The lowest BCUT2D eigenvalue weighted by atomic mass is 10.3. The average Bonchev–Trinajstić information content (AvgIpc) is 2.29. The average molecular weight is 217 g/mol. The molecule has 16 heavy (non-hydrogen) atoms. The Balaban J connectivity index is 2.71. The summed E-state index contributed by atoms with van der Waals surface area (Å²) in [7, 11) is 3.20. The Morgan fingerprint density at radius 1 is 1.38 bits per heavy atom. The van der Waals surface area contributed by atoms with Crippen molar-refractivity contribution >= 4 is 11.6 Å². The van der Waals surface area contributed by atoms with Crippen molar-refractivity contribution in [3.8, 4) is 0 Å². The zero-order valence-electron chi connectivity index (χ0n) is 9.04. The second-order valence-corrected chi connectivity index (χ2v) is 3.61. The monoisotopic (exact) mass is 217 g/mol. The molecular formula is C11H11N3O2. The quantitative estimate of drug-likeness (QED) is 0.694. The van der Waals surface area contributed by atoms with Crippen LogP contribution >= 0.6 is 0 Å². The fourth-order valence-electron chi connectivity index (χ4n) is 1.41. The van der Waals surface area contributed by atoms with Crippen LogP contribution in [-0.4, -0.2) is 34.3 Å². The van der Waals surface area contributed by atoms with E-state index < -0.39 is 0 Å². The Bertz CT molecular complexity index is 601. The molecule has 0 spiro atoms. The van der Waals surface area contributed by atoms with E-state index in [2.05, 4.69) is 4.98 Å². The summed E-state index contributed by atoms with van der Waals surface area (Å²) in [6.07, 6.45) is 2.91. The number of fused-ring (bicyclic) bond motifs is 1.